The van der Waals surface area contributed by atoms with Crippen molar-refractivity contribution >= 4 is 28.8 Å². The summed E-state index contributed by atoms with van der Waals surface area (Å²) in [5.41, 5.74) is 3.98. The van der Waals surface area contributed by atoms with Crippen LogP contribution in [0, 0.1) is 0 Å². The number of nitrogens with one attached hydrogen (secondary N) is 1. The Balaban J connectivity index is 1.59. The van der Waals surface area contributed by atoms with Crippen LogP contribution < -0.4 is 5.32 Å². The monoisotopic (exact) mass is 333 g/mol. The highest BCUT2D eigenvalue weighted by molar-refractivity contribution is 7.07. The van der Waals surface area contributed by atoms with Gasteiger partial charge < -0.3 is 9.73 Å². The Morgan fingerprint density at radius 2 is 2.09 bits per heavy atom. The van der Waals surface area contributed by atoms with Gasteiger partial charge in [0.2, 0.25) is 11.8 Å². The maximum atomic E-state index is 11.9. The second kappa shape index (κ2) is 6.72. The van der Waals surface area contributed by atoms with Gasteiger partial charge in [0.05, 0.1) is 29.9 Å². The van der Waals surface area contributed by atoms with E-state index in [0.29, 0.717) is 23.2 Å². The first-order chi connectivity index (χ1) is 10.7. The lowest BCUT2D eigenvalue weighted by Gasteiger charge is -2.00. The largest absolute Gasteiger partial charge is 0.444 e. The number of carbonyl (C=O) groups is 1. The fourth-order valence-electron chi connectivity index (χ4n) is 1.85. The fourth-order valence-corrected chi connectivity index (χ4v) is 2.54. The zero-order valence-corrected chi connectivity index (χ0v) is 13.0. The van der Waals surface area contributed by atoms with Gasteiger partial charge in [-0.25, -0.2) is 9.97 Å². The Labute approximate surface area is 136 Å². The first-order valence-electron chi connectivity index (χ1n) is 6.55. The summed E-state index contributed by atoms with van der Waals surface area (Å²) in [7, 11) is 0. The van der Waals surface area contributed by atoms with E-state index < -0.39 is 0 Å². The van der Waals surface area contributed by atoms with Gasteiger partial charge >= 0.3 is 0 Å². The summed E-state index contributed by atoms with van der Waals surface area (Å²) in [5, 5.41) is 5.34. The first-order valence-corrected chi connectivity index (χ1v) is 7.87. The zero-order chi connectivity index (χ0) is 15.4. The van der Waals surface area contributed by atoms with E-state index in [2.05, 4.69) is 15.3 Å². The molecule has 0 spiro atoms. The molecule has 0 saturated heterocycles. The molecule has 0 atom stereocenters. The average molecular weight is 334 g/mol. The van der Waals surface area contributed by atoms with Crippen LogP contribution in [0.3, 0.4) is 0 Å². The van der Waals surface area contributed by atoms with E-state index in [1.807, 2.05) is 17.5 Å². The van der Waals surface area contributed by atoms with Crippen LogP contribution in [0.5, 0.6) is 0 Å². The Hall–Kier alpha value is -2.18. The van der Waals surface area contributed by atoms with Gasteiger partial charge in [-0.3, -0.25) is 4.79 Å². The Morgan fingerprint density at radius 1 is 1.27 bits per heavy atom. The molecule has 0 bridgehead atoms. The molecule has 5 nitrogen and oxygen atoms in total. The molecule has 2 aromatic heterocycles. The molecule has 0 fully saturated rings. The molecule has 0 unspecified atom stereocenters. The SMILES string of the molecule is O=C(Cc1coc(-c2ccc(Cl)cc2)n1)NCc1cscn1. The van der Waals surface area contributed by atoms with Crippen molar-refractivity contribution < 1.29 is 9.21 Å². The number of carbonyl (C=O) groups excluding carboxylic acids is 1. The second-order valence-corrected chi connectivity index (χ2v) is 5.74. The standard InChI is InChI=1S/C15H12ClN3O2S/c16-11-3-1-10(2-4-11)15-19-12(7-21-15)5-14(20)17-6-13-8-22-9-18-13/h1-4,7-9H,5-6H2,(H,17,20). The quantitative estimate of drug-likeness (QED) is 0.777. The second-order valence-electron chi connectivity index (χ2n) is 4.58. The fraction of sp³-hybridized carbons (Fsp3) is 0.133. The summed E-state index contributed by atoms with van der Waals surface area (Å²) in [6, 6.07) is 7.17. The third-order valence-corrected chi connectivity index (χ3v) is 3.82. The van der Waals surface area contributed by atoms with E-state index in [4.69, 9.17) is 16.0 Å². The highest BCUT2D eigenvalue weighted by Crippen LogP contribution is 2.21. The number of halogens is 1. The van der Waals surface area contributed by atoms with Crippen LogP contribution in [0.25, 0.3) is 11.5 Å². The first kappa shape index (κ1) is 14.7. The van der Waals surface area contributed by atoms with Gasteiger partial charge in [-0.15, -0.1) is 11.3 Å². The lowest BCUT2D eigenvalue weighted by Crippen LogP contribution is -2.24. The molecule has 0 aliphatic heterocycles. The lowest BCUT2D eigenvalue weighted by molar-refractivity contribution is -0.120. The molecule has 0 aliphatic carbocycles. The summed E-state index contributed by atoms with van der Waals surface area (Å²) in [6.07, 6.45) is 1.66. The van der Waals surface area contributed by atoms with Gasteiger partial charge in [-0.2, -0.15) is 0 Å². The number of thiazole rings is 1. The maximum Gasteiger partial charge on any atom is 0.226 e. The molecule has 0 aliphatic rings. The van der Waals surface area contributed by atoms with Crippen LogP contribution in [0.2, 0.25) is 5.02 Å². The van der Waals surface area contributed by atoms with Crippen molar-refractivity contribution in [2.45, 2.75) is 13.0 Å². The van der Waals surface area contributed by atoms with Crippen LogP contribution >= 0.6 is 22.9 Å². The van der Waals surface area contributed by atoms with Crippen molar-refractivity contribution in [2.24, 2.45) is 0 Å². The van der Waals surface area contributed by atoms with Crippen LogP contribution in [-0.2, 0) is 17.8 Å². The van der Waals surface area contributed by atoms with E-state index in [1.54, 1.807) is 17.6 Å². The smallest absolute Gasteiger partial charge is 0.226 e. The van der Waals surface area contributed by atoms with Crippen molar-refractivity contribution in [3.8, 4) is 11.5 Å². The molecule has 112 valence electrons. The maximum absolute atomic E-state index is 11.9. The van der Waals surface area contributed by atoms with E-state index in [-0.39, 0.29) is 12.3 Å². The van der Waals surface area contributed by atoms with Crippen LogP contribution in [0.4, 0.5) is 0 Å². The lowest BCUT2D eigenvalue weighted by atomic mass is 10.2. The van der Waals surface area contributed by atoms with Gasteiger partial charge in [0.1, 0.15) is 6.26 Å². The number of nitrogens with zero attached hydrogens (tertiary/aromatic N) is 2. The molecule has 0 radical (unpaired) electrons. The summed E-state index contributed by atoms with van der Waals surface area (Å²) in [6.45, 7) is 0.421. The number of benzene rings is 1. The topological polar surface area (TPSA) is 68.0 Å². The van der Waals surface area contributed by atoms with Crippen molar-refractivity contribution in [1.29, 1.82) is 0 Å². The van der Waals surface area contributed by atoms with Gasteiger partial charge in [0, 0.05) is 16.0 Å². The van der Waals surface area contributed by atoms with Crippen molar-refractivity contribution in [3.63, 3.8) is 0 Å². The minimum Gasteiger partial charge on any atom is -0.444 e. The molecular weight excluding hydrogens is 322 g/mol. The number of oxazole rings is 1. The molecular formula is C15H12ClN3O2S. The van der Waals surface area contributed by atoms with E-state index in [9.17, 15) is 4.79 Å². The van der Waals surface area contributed by atoms with E-state index >= 15 is 0 Å². The van der Waals surface area contributed by atoms with Crippen LogP contribution in [0.1, 0.15) is 11.4 Å². The summed E-state index contributed by atoms with van der Waals surface area (Å²) in [5.74, 6) is 0.350. The zero-order valence-electron chi connectivity index (χ0n) is 11.5. The molecule has 1 N–H and O–H groups in total. The van der Waals surface area contributed by atoms with Gasteiger partial charge in [0.25, 0.3) is 0 Å². The highest BCUT2D eigenvalue weighted by atomic mass is 35.5. The van der Waals surface area contributed by atoms with Crippen molar-refractivity contribution in [3.05, 3.63) is 57.8 Å². The van der Waals surface area contributed by atoms with E-state index in [1.165, 1.54) is 17.6 Å². The highest BCUT2D eigenvalue weighted by Gasteiger charge is 2.10. The summed E-state index contributed by atoms with van der Waals surface area (Å²) >= 11 is 7.34. The van der Waals surface area contributed by atoms with Crippen LogP contribution in [-0.4, -0.2) is 15.9 Å². The molecule has 22 heavy (non-hydrogen) atoms. The predicted molar refractivity (Wildman–Crippen MR) is 84.6 cm³/mol. The Morgan fingerprint density at radius 3 is 2.82 bits per heavy atom. The number of hydrogen-bond donors (Lipinski definition) is 1. The number of aromatic nitrogens is 2. The average Bonchev–Trinajstić information content (AvgIpc) is 3.17. The number of hydrogen-bond acceptors (Lipinski definition) is 5. The number of amides is 1. The van der Waals surface area contributed by atoms with Crippen molar-refractivity contribution in [1.82, 2.24) is 15.3 Å². The molecule has 1 aromatic carbocycles. The Kier molecular flexibility index (Phi) is 4.50. The molecule has 0 saturated carbocycles. The normalized spacial score (nSPS) is 10.6. The summed E-state index contributed by atoms with van der Waals surface area (Å²) in [4.78, 5) is 20.3. The molecule has 1 amide bonds. The molecule has 2 heterocycles. The molecule has 7 heteroatoms. The summed E-state index contributed by atoms with van der Waals surface area (Å²) < 4.78 is 5.40. The third-order valence-electron chi connectivity index (χ3n) is 2.93. The van der Waals surface area contributed by atoms with Gasteiger partial charge in [-0.1, -0.05) is 11.6 Å². The van der Waals surface area contributed by atoms with Crippen molar-refractivity contribution in [2.75, 3.05) is 0 Å². The molecule has 3 aromatic rings. The minimum atomic E-state index is -0.121. The number of rotatable bonds is 5. The third kappa shape index (κ3) is 3.72. The van der Waals surface area contributed by atoms with E-state index in [0.717, 1.165) is 11.3 Å². The predicted octanol–water partition coefficient (Wildman–Crippen LogP) is 3.31. The molecule has 3 rings (SSSR count). The van der Waals surface area contributed by atoms with Crippen LogP contribution in [0.15, 0.2) is 45.8 Å². The van der Waals surface area contributed by atoms with Gasteiger partial charge in [-0.05, 0) is 24.3 Å². The van der Waals surface area contributed by atoms with Gasteiger partial charge in [0.15, 0.2) is 0 Å². The minimum absolute atomic E-state index is 0.121. The Bertz CT molecular complexity index is 753.